The first-order valence-electron chi connectivity index (χ1n) is 5.94. The van der Waals surface area contributed by atoms with E-state index in [9.17, 15) is 0 Å². The highest BCUT2D eigenvalue weighted by atomic mass is 35.5. The highest BCUT2D eigenvalue weighted by molar-refractivity contribution is 6.29. The Bertz CT molecular complexity index is 523. The maximum Gasteiger partial charge on any atom is 0.133 e. The van der Waals surface area contributed by atoms with Gasteiger partial charge in [-0.1, -0.05) is 11.6 Å². The van der Waals surface area contributed by atoms with Crippen molar-refractivity contribution in [2.24, 2.45) is 0 Å². The molecule has 0 saturated carbocycles. The maximum atomic E-state index is 5.87. The van der Waals surface area contributed by atoms with Crippen LogP contribution in [0.1, 0.15) is 11.5 Å². The van der Waals surface area contributed by atoms with Crippen molar-refractivity contribution in [3.8, 4) is 11.5 Å². The van der Waals surface area contributed by atoms with E-state index in [1.807, 2.05) is 31.2 Å². The smallest absolute Gasteiger partial charge is 0.133 e. The SMILES string of the molecule is COc1ccc(OCCc2nc(C)cc(Cl)n2)cc1. The van der Waals surface area contributed by atoms with Crippen LogP contribution in [0.4, 0.5) is 0 Å². The molecule has 4 nitrogen and oxygen atoms in total. The van der Waals surface area contributed by atoms with Gasteiger partial charge in [-0.15, -0.1) is 0 Å². The molecule has 0 unspecified atom stereocenters. The summed E-state index contributed by atoms with van der Waals surface area (Å²) in [6.45, 7) is 2.40. The van der Waals surface area contributed by atoms with E-state index in [-0.39, 0.29) is 0 Å². The van der Waals surface area contributed by atoms with Crippen molar-refractivity contribution >= 4 is 11.6 Å². The molecule has 0 aliphatic carbocycles. The van der Waals surface area contributed by atoms with Crippen molar-refractivity contribution in [2.75, 3.05) is 13.7 Å². The van der Waals surface area contributed by atoms with E-state index in [0.717, 1.165) is 17.2 Å². The van der Waals surface area contributed by atoms with Gasteiger partial charge in [0.2, 0.25) is 0 Å². The summed E-state index contributed by atoms with van der Waals surface area (Å²) in [6, 6.07) is 9.17. The number of aromatic nitrogens is 2. The number of benzene rings is 1. The van der Waals surface area contributed by atoms with Crippen LogP contribution in [0.3, 0.4) is 0 Å². The lowest BCUT2D eigenvalue weighted by atomic mass is 10.3. The Hall–Kier alpha value is -1.81. The molecule has 0 fully saturated rings. The zero-order valence-corrected chi connectivity index (χ0v) is 11.6. The molecular formula is C14H15ClN2O2. The van der Waals surface area contributed by atoms with Gasteiger partial charge in [0.15, 0.2) is 0 Å². The normalized spacial score (nSPS) is 10.3. The average Bonchev–Trinajstić information content (AvgIpc) is 2.38. The lowest BCUT2D eigenvalue weighted by Crippen LogP contribution is -2.05. The minimum absolute atomic E-state index is 0.465. The van der Waals surface area contributed by atoms with Gasteiger partial charge in [0, 0.05) is 12.1 Å². The Morgan fingerprint density at radius 3 is 2.42 bits per heavy atom. The molecule has 0 aliphatic rings. The van der Waals surface area contributed by atoms with E-state index < -0.39 is 0 Å². The third kappa shape index (κ3) is 4.10. The van der Waals surface area contributed by atoms with Crippen molar-refractivity contribution < 1.29 is 9.47 Å². The Morgan fingerprint density at radius 1 is 1.11 bits per heavy atom. The predicted molar refractivity (Wildman–Crippen MR) is 74.0 cm³/mol. The number of rotatable bonds is 5. The van der Waals surface area contributed by atoms with Crippen LogP contribution in [-0.2, 0) is 6.42 Å². The first kappa shape index (κ1) is 13.6. The number of methoxy groups -OCH3 is 1. The number of halogens is 1. The number of ether oxygens (including phenoxy) is 2. The lowest BCUT2D eigenvalue weighted by Gasteiger charge is -2.07. The van der Waals surface area contributed by atoms with Crippen LogP contribution in [0, 0.1) is 6.92 Å². The molecule has 0 radical (unpaired) electrons. The minimum Gasteiger partial charge on any atom is -0.497 e. The van der Waals surface area contributed by atoms with Crippen LogP contribution in [-0.4, -0.2) is 23.7 Å². The van der Waals surface area contributed by atoms with Gasteiger partial charge in [-0.05, 0) is 37.3 Å². The molecule has 0 atom stereocenters. The van der Waals surface area contributed by atoms with Gasteiger partial charge in [-0.3, -0.25) is 0 Å². The fourth-order valence-electron chi connectivity index (χ4n) is 1.63. The largest absolute Gasteiger partial charge is 0.497 e. The van der Waals surface area contributed by atoms with Crippen molar-refractivity contribution in [1.82, 2.24) is 9.97 Å². The van der Waals surface area contributed by atoms with Crippen molar-refractivity contribution in [3.63, 3.8) is 0 Å². The quantitative estimate of drug-likeness (QED) is 0.789. The van der Waals surface area contributed by atoms with Crippen molar-refractivity contribution in [1.29, 1.82) is 0 Å². The molecule has 1 aromatic heterocycles. The van der Waals surface area contributed by atoms with Gasteiger partial charge in [-0.25, -0.2) is 9.97 Å². The van der Waals surface area contributed by atoms with Crippen LogP contribution in [0.2, 0.25) is 5.15 Å². The van der Waals surface area contributed by atoms with Crippen LogP contribution in [0.25, 0.3) is 0 Å². The molecule has 0 aliphatic heterocycles. The van der Waals surface area contributed by atoms with Crippen molar-refractivity contribution in [2.45, 2.75) is 13.3 Å². The Balaban J connectivity index is 1.88. The second-order valence-electron chi connectivity index (χ2n) is 4.02. The van der Waals surface area contributed by atoms with Gasteiger partial charge in [0.05, 0.1) is 13.7 Å². The summed E-state index contributed by atoms with van der Waals surface area (Å²) in [7, 11) is 1.63. The molecule has 0 bridgehead atoms. The fourth-order valence-corrected chi connectivity index (χ4v) is 1.89. The zero-order valence-electron chi connectivity index (χ0n) is 10.9. The molecular weight excluding hydrogens is 264 g/mol. The second-order valence-corrected chi connectivity index (χ2v) is 4.41. The second kappa shape index (κ2) is 6.38. The monoisotopic (exact) mass is 278 g/mol. The maximum absolute atomic E-state index is 5.87. The summed E-state index contributed by atoms with van der Waals surface area (Å²) in [5.74, 6) is 2.29. The van der Waals surface area contributed by atoms with Gasteiger partial charge in [-0.2, -0.15) is 0 Å². The van der Waals surface area contributed by atoms with Gasteiger partial charge in [0.25, 0.3) is 0 Å². The molecule has 0 N–H and O–H groups in total. The predicted octanol–water partition coefficient (Wildman–Crippen LogP) is 3.07. The molecule has 1 heterocycles. The molecule has 2 rings (SSSR count). The third-order valence-electron chi connectivity index (χ3n) is 2.52. The number of aryl methyl sites for hydroxylation is 1. The Morgan fingerprint density at radius 2 is 1.79 bits per heavy atom. The van der Waals surface area contributed by atoms with Crippen molar-refractivity contribution in [3.05, 3.63) is 47.0 Å². The van der Waals surface area contributed by atoms with Gasteiger partial charge < -0.3 is 9.47 Å². The average molecular weight is 279 g/mol. The Labute approximate surface area is 117 Å². The molecule has 0 spiro atoms. The highest BCUT2D eigenvalue weighted by Crippen LogP contribution is 2.17. The third-order valence-corrected chi connectivity index (χ3v) is 2.72. The van der Waals surface area contributed by atoms with E-state index in [1.165, 1.54) is 0 Å². The van der Waals surface area contributed by atoms with Crippen LogP contribution in [0.5, 0.6) is 11.5 Å². The van der Waals surface area contributed by atoms with Crippen LogP contribution in [0.15, 0.2) is 30.3 Å². The molecule has 1 aromatic carbocycles. The van der Waals surface area contributed by atoms with E-state index in [1.54, 1.807) is 13.2 Å². The standard InChI is InChI=1S/C14H15ClN2O2/c1-10-9-13(15)17-14(16-10)7-8-19-12-5-3-11(18-2)4-6-12/h3-6,9H,7-8H2,1-2H3. The summed E-state index contributed by atoms with van der Waals surface area (Å²) in [5, 5.41) is 0.465. The molecule has 2 aromatic rings. The summed E-state index contributed by atoms with van der Waals surface area (Å²) in [5.41, 5.74) is 0.861. The molecule has 100 valence electrons. The lowest BCUT2D eigenvalue weighted by molar-refractivity contribution is 0.318. The summed E-state index contributed by atoms with van der Waals surface area (Å²) >= 11 is 5.87. The fraction of sp³-hybridized carbons (Fsp3) is 0.286. The molecule has 0 saturated heterocycles. The number of hydrogen-bond donors (Lipinski definition) is 0. The number of hydrogen-bond acceptors (Lipinski definition) is 4. The minimum atomic E-state index is 0.465. The molecule has 19 heavy (non-hydrogen) atoms. The first-order chi connectivity index (χ1) is 9.17. The summed E-state index contributed by atoms with van der Waals surface area (Å²) in [4.78, 5) is 8.44. The van der Waals surface area contributed by atoms with Gasteiger partial charge in [0.1, 0.15) is 22.5 Å². The number of nitrogens with zero attached hydrogens (tertiary/aromatic N) is 2. The topological polar surface area (TPSA) is 44.2 Å². The van der Waals surface area contributed by atoms with Crippen LogP contribution >= 0.6 is 11.6 Å². The van der Waals surface area contributed by atoms with Gasteiger partial charge >= 0.3 is 0 Å². The van der Waals surface area contributed by atoms with Crippen LogP contribution < -0.4 is 9.47 Å². The van der Waals surface area contributed by atoms with E-state index >= 15 is 0 Å². The van der Waals surface area contributed by atoms with E-state index in [4.69, 9.17) is 21.1 Å². The first-order valence-corrected chi connectivity index (χ1v) is 6.32. The van der Waals surface area contributed by atoms with E-state index in [0.29, 0.717) is 24.0 Å². The highest BCUT2D eigenvalue weighted by Gasteiger charge is 2.02. The summed E-state index contributed by atoms with van der Waals surface area (Å²) in [6.07, 6.45) is 0.618. The van der Waals surface area contributed by atoms with E-state index in [2.05, 4.69) is 9.97 Å². The zero-order chi connectivity index (χ0) is 13.7. The Kier molecular flexibility index (Phi) is 4.58. The summed E-state index contributed by atoms with van der Waals surface area (Å²) < 4.78 is 10.7. The molecule has 5 heteroatoms. The molecule has 0 amide bonds.